The largest absolute Gasteiger partial charge is 0.394 e. The highest BCUT2D eigenvalue weighted by Crippen LogP contribution is 2.24. The van der Waals surface area contributed by atoms with Crippen LogP contribution in [0.2, 0.25) is 0 Å². The molecule has 19 heavy (non-hydrogen) atoms. The minimum absolute atomic E-state index is 0.150. The zero-order chi connectivity index (χ0) is 13.9. The zero-order valence-electron chi connectivity index (χ0n) is 12.9. The van der Waals surface area contributed by atoms with Gasteiger partial charge in [0.05, 0.1) is 6.61 Å². The first-order valence-electron chi connectivity index (χ1n) is 7.86. The number of rotatable bonds is 5. The van der Waals surface area contributed by atoms with Gasteiger partial charge < -0.3 is 10.4 Å². The van der Waals surface area contributed by atoms with Crippen molar-refractivity contribution in [3.63, 3.8) is 0 Å². The average Bonchev–Trinajstić information content (AvgIpc) is 2.46. The summed E-state index contributed by atoms with van der Waals surface area (Å²) in [5.41, 5.74) is -0.150. The molecule has 2 aliphatic rings. The maximum absolute atomic E-state index is 9.53. The fourth-order valence-corrected chi connectivity index (χ4v) is 3.61. The minimum Gasteiger partial charge on any atom is -0.394 e. The summed E-state index contributed by atoms with van der Waals surface area (Å²) >= 11 is 0. The van der Waals surface area contributed by atoms with Crippen LogP contribution in [0.15, 0.2) is 0 Å². The summed E-state index contributed by atoms with van der Waals surface area (Å²) in [7, 11) is 1.95. The topological polar surface area (TPSA) is 38.7 Å². The van der Waals surface area contributed by atoms with Crippen LogP contribution in [0.3, 0.4) is 0 Å². The van der Waals surface area contributed by atoms with Gasteiger partial charge >= 0.3 is 0 Å². The summed E-state index contributed by atoms with van der Waals surface area (Å²) in [5.74, 6) is 0. The van der Waals surface area contributed by atoms with Gasteiger partial charge in [0.15, 0.2) is 0 Å². The van der Waals surface area contributed by atoms with Gasteiger partial charge in [-0.25, -0.2) is 0 Å². The summed E-state index contributed by atoms with van der Waals surface area (Å²) in [6.45, 7) is 9.55. The normalized spacial score (nSPS) is 30.6. The third-order valence-corrected chi connectivity index (χ3v) is 5.19. The molecule has 3 atom stereocenters. The van der Waals surface area contributed by atoms with Gasteiger partial charge in [-0.05, 0) is 46.7 Å². The number of nitrogens with zero attached hydrogens (tertiary/aromatic N) is 2. The predicted octanol–water partition coefficient (Wildman–Crippen LogP) is 0.906. The van der Waals surface area contributed by atoms with Crippen LogP contribution in [0.4, 0.5) is 0 Å². The van der Waals surface area contributed by atoms with Gasteiger partial charge in [0, 0.05) is 37.3 Å². The highest BCUT2D eigenvalue weighted by atomic mass is 16.3. The molecule has 2 fully saturated rings. The highest BCUT2D eigenvalue weighted by molar-refractivity contribution is 4.91. The van der Waals surface area contributed by atoms with Crippen molar-refractivity contribution < 1.29 is 5.11 Å². The Morgan fingerprint density at radius 3 is 2.79 bits per heavy atom. The Hall–Kier alpha value is -0.160. The van der Waals surface area contributed by atoms with Gasteiger partial charge in [0.1, 0.15) is 0 Å². The summed E-state index contributed by atoms with van der Waals surface area (Å²) in [6, 6.07) is 1.31. The zero-order valence-corrected chi connectivity index (χ0v) is 12.9. The second kappa shape index (κ2) is 6.53. The van der Waals surface area contributed by atoms with Crippen molar-refractivity contribution in [2.45, 2.75) is 57.2 Å². The number of hydrogen-bond acceptors (Lipinski definition) is 4. The van der Waals surface area contributed by atoms with Crippen LogP contribution in [-0.4, -0.2) is 72.4 Å². The van der Waals surface area contributed by atoms with Gasteiger partial charge in [-0.3, -0.25) is 9.80 Å². The number of aliphatic hydroxyl groups excluding tert-OH is 1. The molecular weight excluding hydrogens is 238 g/mol. The van der Waals surface area contributed by atoms with E-state index in [1.807, 2.05) is 7.05 Å². The fourth-order valence-electron chi connectivity index (χ4n) is 3.61. The van der Waals surface area contributed by atoms with Crippen molar-refractivity contribution in [2.75, 3.05) is 39.8 Å². The van der Waals surface area contributed by atoms with Crippen molar-refractivity contribution in [3.05, 3.63) is 0 Å². The molecule has 0 saturated carbocycles. The lowest BCUT2D eigenvalue weighted by Crippen LogP contribution is -2.58. The van der Waals surface area contributed by atoms with E-state index in [0.717, 1.165) is 12.5 Å². The van der Waals surface area contributed by atoms with E-state index in [1.54, 1.807) is 0 Å². The first kappa shape index (κ1) is 15.2. The summed E-state index contributed by atoms with van der Waals surface area (Å²) in [5, 5.41) is 12.8. The van der Waals surface area contributed by atoms with Crippen LogP contribution < -0.4 is 5.32 Å². The Morgan fingerprint density at radius 1 is 1.32 bits per heavy atom. The molecule has 0 aromatic carbocycles. The van der Waals surface area contributed by atoms with E-state index < -0.39 is 0 Å². The highest BCUT2D eigenvalue weighted by Gasteiger charge is 2.33. The molecule has 0 aliphatic carbocycles. The van der Waals surface area contributed by atoms with Crippen molar-refractivity contribution in [1.82, 2.24) is 15.1 Å². The standard InChI is InChI=1S/C15H31N3O/c1-13(10-15(2,12-19)16-3)18-9-8-17-7-5-4-6-14(17)11-18/h13-14,16,19H,4-12H2,1-3H3. The second-order valence-electron chi connectivity index (χ2n) is 6.70. The molecule has 4 nitrogen and oxygen atoms in total. The number of aliphatic hydroxyl groups is 1. The Balaban J connectivity index is 1.88. The van der Waals surface area contributed by atoms with Crippen LogP contribution >= 0.6 is 0 Å². The van der Waals surface area contributed by atoms with Crippen molar-refractivity contribution in [3.8, 4) is 0 Å². The lowest BCUT2D eigenvalue weighted by molar-refractivity contribution is 0.0196. The van der Waals surface area contributed by atoms with Gasteiger partial charge in [-0.2, -0.15) is 0 Å². The maximum atomic E-state index is 9.53. The third-order valence-electron chi connectivity index (χ3n) is 5.19. The molecule has 3 unspecified atom stereocenters. The molecular formula is C15H31N3O. The minimum atomic E-state index is -0.150. The van der Waals surface area contributed by atoms with E-state index in [0.29, 0.717) is 6.04 Å². The van der Waals surface area contributed by atoms with Crippen molar-refractivity contribution in [2.24, 2.45) is 0 Å². The molecule has 0 radical (unpaired) electrons. The quantitative estimate of drug-likeness (QED) is 0.778. The predicted molar refractivity (Wildman–Crippen MR) is 79.4 cm³/mol. The Morgan fingerprint density at radius 2 is 2.11 bits per heavy atom. The molecule has 0 bridgehead atoms. The van der Waals surface area contributed by atoms with E-state index in [-0.39, 0.29) is 12.1 Å². The van der Waals surface area contributed by atoms with E-state index in [1.165, 1.54) is 45.4 Å². The summed E-state index contributed by atoms with van der Waals surface area (Å²) < 4.78 is 0. The number of piperidine rings is 1. The summed E-state index contributed by atoms with van der Waals surface area (Å²) in [6.07, 6.45) is 5.15. The maximum Gasteiger partial charge on any atom is 0.0611 e. The second-order valence-corrected chi connectivity index (χ2v) is 6.70. The molecule has 0 aromatic rings. The SMILES string of the molecule is CNC(C)(CO)CC(C)N1CCN2CCCCC2C1. The Labute approximate surface area is 118 Å². The molecule has 2 N–H and O–H groups in total. The number of likely N-dealkylation sites (N-methyl/N-ethyl adjacent to an activating group) is 1. The van der Waals surface area contributed by atoms with Crippen LogP contribution in [0, 0.1) is 0 Å². The summed E-state index contributed by atoms with van der Waals surface area (Å²) in [4.78, 5) is 5.30. The molecule has 2 heterocycles. The number of nitrogens with one attached hydrogen (secondary N) is 1. The van der Waals surface area contributed by atoms with Crippen LogP contribution in [0.25, 0.3) is 0 Å². The van der Waals surface area contributed by atoms with Crippen LogP contribution in [-0.2, 0) is 0 Å². The molecule has 0 amide bonds. The lowest BCUT2D eigenvalue weighted by atomic mass is 9.92. The number of piperazine rings is 1. The first-order chi connectivity index (χ1) is 9.08. The molecule has 4 heteroatoms. The molecule has 2 saturated heterocycles. The van der Waals surface area contributed by atoms with Gasteiger partial charge in [-0.1, -0.05) is 6.42 Å². The monoisotopic (exact) mass is 269 g/mol. The molecule has 2 rings (SSSR count). The number of fused-ring (bicyclic) bond motifs is 1. The number of hydrogen-bond donors (Lipinski definition) is 2. The van der Waals surface area contributed by atoms with E-state index in [9.17, 15) is 5.11 Å². The van der Waals surface area contributed by atoms with Crippen LogP contribution in [0.5, 0.6) is 0 Å². The van der Waals surface area contributed by atoms with Crippen molar-refractivity contribution in [1.29, 1.82) is 0 Å². The lowest BCUT2D eigenvalue weighted by Gasteiger charge is -2.47. The average molecular weight is 269 g/mol. The molecule has 0 spiro atoms. The van der Waals surface area contributed by atoms with E-state index in [4.69, 9.17) is 0 Å². The van der Waals surface area contributed by atoms with Gasteiger partial charge in [0.25, 0.3) is 0 Å². The smallest absolute Gasteiger partial charge is 0.0611 e. The Bertz CT molecular complexity index is 281. The van der Waals surface area contributed by atoms with E-state index >= 15 is 0 Å². The molecule has 2 aliphatic heterocycles. The fraction of sp³-hybridized carbons (Fsp3) is 1.00. The Kier molecular flexibility index (Phi) is 5.23. The molecule has 0 aromatic heterocycles. The van der Waals surface area contributed by atoms with Crippen LogP contribution in [0.1, 0.15) is 39.5 Å². The van der Waals surface area contributed by atoms with Gasteiger partial charge in [0.2, 0.25) is 0 Å². The van der Waals surface area contributed by atoms with Crippen molar-refractivity contribution >= 4 is 0 Å². The van der Waals surface area contributed by atoms with E-state index in [2.05, 4.69) is 29.0 Å². The third kappa shape index (κ3) is 3.69. The molecule has 112 valence electrons. The first-order valence-corrected chi connectivity index (χ1v) is 7.86. The van der Waals surface area contributed by atoms with Gasteiger partial charge in [-0.15, -0.1) is 0 Å².